The molecule has 0 atom stereocenters. The van der Waals surface area contributed by atoms with Crippen LogP contribution >= 0.6 is 0 Å². The summed E-state index contributed by atoms with van der Waals surface area (Å²) in [6, 6.07) is 22.1. The van der Waals surface area contributed by atoms with Crippen molar-refractivity contribution < 1.29 is 9.57 Å². The molecule has 0 radical (unpaired) electrons. The molecule has 0 N–H and O–H groups in total. The smallest absolute Gasteiger partial charge is 0.163 e. The average molecular weight is 273 g/mol. The Morgan fingerprint density at radius 3 is 2.29 bits per heavy atom. The van der Waals surface area contributed by atoms with Crippen molar-refractivity contribution in [2.75, 3.05) is 5.06 Å². The summed E-state index contributed by atoms with van der Waals surface area (Å²) in [5.41, 5.74) is 4.11. The van der Waals surface area contributed by atoms with Crippen molar-refractivity contribution in [1.29, 1.82) is 0 Å². The van der Waals surface area contributed by atoms with Crippen LogP contribution in [0.3, 0.4) is 0 Å². The molecule has 0 saturated heterocycles. The van der Waals surface area contributed by atoms with Crippen molar-refractivity contribution in [3.05, 3.63) is 66.7 Å². The van der Waals surface area contributed by atoms with Crippen LogP contribution in [0.1, 0.15) is 0 Å². The van der Waals surface area contributed by atoms with Crippen LogP contribution in [0.2, 0.25) is 0 Å². The van der Waals surface area contributed by atoms with Crippen molar-refractivity contribution >= 4 is 11.4 Å². The first-order chi connectivity index (χ1) is 10.4. The summed E-state index contributed by atoms with van der Waals surface area (Å²) in [4.78, 5) is 6.12. The predicted octanol–water partition coefficient (Wildman–Crippen LogP) is 4.90. The van der Waals surface area contributed by atoms with Gasteiger partial charge in [0.1, 0.15) is 11.4 Å². The van der Waals surface area contributed by atoms with Gasteiger partial charge in [0.25, 0.3) is 0 Å². The summed E-state index contributed by atoms with van der Waals surface area (Å²) in [5.74, 6) is 2.49. The van der Waals surface area contributed by atoms with Crippen LogP contribution in [0.5, 0.6) is 17.2 Å². The van der Waals surface area contributed by atoms with Gasteiger partial charge < -0.3 is 9.57 Å². The minimum absolute atomic E-state index is 0.807. The fraction of sp³-hybridized carbons (Fsp3) is 0. The molecular formula is C18H11NO2. The zero-order valence-electron chi connectivity index (χ0n) is 11.1. The second kappa shape index (κ2) is 3.79. The second-order valence-corrected chi connectivity index (χ2v) is 5.10. The molecule has 0 spiro atoms. The maximum atomic E-state index is 6.12. The number of nitrogens with zero attached hydrogens (tertiary/aromatic N) is 1. The van der Waals surface area contributed by atoms with Crippen LogP contribution in [0, 0.1) is 0 Å². The molecule has 0 aliphatic carbocycles. The van der Waals surface area contributed by atoms with E-state index in [1.807, 2.05) is 59.7 Å². The van der Waals surface area contributed by atoms with Crippen LogP contribution in [-0.4, -0.2) is 0 Å². The topological polar surface area (TPSA) is 21.7 Å². The van der Waals surface area contributed by atoms with Gasteiger partial charge in [0.15, 0.2) is 17.2 Å². The van der Waals surface area contributed by atoms with Gasteiger partial charge >= 0.3 is 0 Å². The third kappa shape index (κ3) is 1.37. The molecule has 0 saturated carbocycles. The third-order valence-electron chi connectivity index (χ3n) is 3.87. The molecule has 0 aromatic heterocycles. The van der Waals surface area contributed by atoms with Crippen molar-refractivity contribution in [3.63, 3.8) is 0 Å². The standard InChI is InChI=1S/C18H11NO2/c1-3-9-15-12(6-1)13-7-5-11-17-18(13)19(21-15)14-8-2-4-10-16(14)20-17/h1-11H. The lowest BCUT2D eigenvalue weighted by Crippen LogP contribution is -2.28. The molecule has 3 heteroatoms. The summed E-state index contributed by atoms with van der Waals surface area (Å²) < 4.78 is 6.02. The molecular weight excluding hydrogens is 262 g/mol. The number of hydrogen-bond donors (Lipinski definition) is 0. The molecule has 0 fully saturated rings. The van der Waals surface area contributed by atoms with Crippen molar-refractivity contribution in [1.82, 2.24) is 0 Å². The molecule has 3 nitrogen and oxygen atoms in total. The van der Waals surface area contributed by atoms with E-state index in [9.17, 15) is 0 Å². The largest absolute Gasteiger partial charge is 0.453 e. The maximum Gasteiger partial charge on any atom is 0.163 e. The Balaban J connectivity index is 1.85. The fourth-order valence-electron chi connectivity index (χ4n) is 2.94. The van der Waals surface area contributed by atoms with Gasteiger partial charge in [-0.25, -0.2) is 0 Å². The minimum Gasteiger partial charge on any atom is -0.453 e. The zero-order valence-corrected chi connectivity index (χ0v) is 11.1. The number of fused-ring (bicyclic) bond motifs is 4. The van der Waals surface area contributed by atoms with Gasteiger partial charge in [0, 0.05) is 11.1 Å². The predicted molar refractivity (Wildman–Crippen MR) is 81.2 cm³/mol. The van der Waals surface area contributed by atoms with E-state index in [1.54, 1.807) is 0 Å². The Morgan fingerprint density at radius 2 is 1.33 bits per heavy atom. The van der Waals surface area contributed by atoms with Crippen LogP contribution < -0.4 is 14.6 Å². The van der Waals surface area contributed by atoms with Crippen LogP contribution in [0.4, 0.5) is 11.4 Å². The molecule has 2 aliphatic rings. The van der Waals surface area contributed by atoms with Crippen molar-refractivity contribution in [3.8, 4) is 28.4 Å². The first-order valence-electron chi connectivity index (χ1n) is 6.89. The van der Waals surface area contributed by atoms with E-state index in [4.69, 9.17) is 9.57 Å². The Kier molecular flexibility index (Phi) is 1.95. The normalized spacial score (nSPS) is 13.4. The second-order valence-electron chi connectivity index (χ2n) is 5.10. The van der Waals surface area contributed by atoms with Crippen LogP contribution in [0.15, 0.2) is 66.7 Å². The van der Waals surface area contributed by atoms with Gasteiger partial charge in [0.2, 0.25) is 0 Å². The van der Waals surface area contributed by atoms with E-state index in [0.29, 0.717) is 0 Å². The summed E-state index contributed by atoms with van der Waals surface area (Å²) in [5, 5.41) is 1.87. The molecule has 3 aromatic carbocycles. The molecule has 0 bridgehead atoms. The third-order valence-corrected chi connectivity index (χ3v) is 3.87. The Bertz CT molecular complexity index is 873. The highest BCUT2D eigenvalue weighted by atomic mass is 16.7. The molecule has 3 aromatic rings. The summed E-state index contributed by atoms with van der Waals surface area (Å²) in [6.45, 7) is 0. The van der Waals surface area contributed by atoms with Gasteiger partial charge in [0.05, 0.1) is 0 Å². The van der Waals surface area contributed by atoms with E-state index in [-0.39, 0.29) is 0 Å². The molecule has 0 unspecified atom stereocenters. The maximum absolute atomic E-state index is 6.12. The monoisotopic (exact) mass is 273 g/mol. The van der Waals surface area contributed by atoms with Crippen LogP contribution in [-0.2, 0) is 0 Å². The average Bonchev–Trinajstić information content (AvgIpc) is 2.55. The highest BCUT2D eigenvalue weighted by Crippen LogP contribution is 2.54. The van der Waals surface area contributed by atoms with Gasteiger partial charge in [-0.15, -0.1) is 0 Å². The summed E-state index contributed by atoms with van der Waals surface area (Å²) in [6.07, 6.45) is 0. The van der Waals surface area contributed by atoms with Crippen LogP contribution in [0.25, 0.3) is 11.1 Å². The van der Waals surface area contributed by atoms with Gasteiger partial charge in [-0.05, 0) is 24.3 Å². The molecule has 2 aliphatic heterocycles. The lowest BCUT2D eigenvalue weighted by Gasteiger charge is -2.36. The van der Waals surface area contributed by atoms with E-state index >= 15 is 0 Å². The Hall–Kier alpha value is -2.94. The number of hydrogen-bond acceptors (Lipinski definition) is 3. The number of ether oxygens (including phenoxy) is 1. The van der Waals surface area contributed by atoms with E-state index in [1.165, 1.54) is 0 Å². The lowest BCUT2D eigenvalue weighted by atomic mass is 9.99. The summed E-state index contributed by atoms with van der Waals surface area (Å²) in [7, 11) is 0. The van der Waals surface area contributed by atoms with Crippen molar-refractivity contribution in [2.24, 2.45) is 0 Å². The quantitative estimate of drug-likeness (QED) is 0.581. The SMILES string of the molecule is c1ccc2c(c1)ON1c3ccccc3Oc3cccc-2c31. The lowest BCUT2D eigenvalue weighted by molar-refractivity contribution is 0.303. The van der Waals surface area contributed by atoms with Gasteiger partial charge in [-0.3, -0.25) is 0 Å². The zero-order chi connectivity index (χ0) is 13.8. The Labute approximate surface area is 121 Å². The van der Waals surface area contributed by atoms with Crippen molar-refractivity contribution in [2.45, 2.75) is 0 Å². The molecule has 5 rings (SSSR count). The number of benzene rings is 3. The van der Waals surface area contributed by atoms with Gasteiger partial charge in [-0.2, -0.15) is 5.06 Å². The van der Waals surface area contributed by atoms with Gasteiger partial charge in [-0.1, -0.05) is 42.5 Å². The molecule has 100 valence electrons. The fourth-order valence-corrected chi connectivity index (χ4v) is 2.94. The minimum atomic E-state index is 0.807. The highest BCUT2D eigenvalue weighted by molar-refractivity contribution is 5.93. The van der Waals surface area contributed by atoms with E-state index in [2.05, 4.69) is 12.1 Å². The highest BCUT2D eigenvalue weighted by Gasteiger charge is 2.33. The number of para-hydroxylation sites is 4. The van der Waals surface area contributed by atoms with E-state index in [0.717, 1.165) is 39.8 Å². The number of rotatable bonds is 0. The summed E-state index contributed by atoms with van der Waals surface area (Å²) >= 11 is 0. The Morgan fingerprint density at radius 1 is 0.619 bits per heavy atom. The molecule has 21 heavy (non-hydrogen) atoms. The van der Waals surface area contributed by atoms with E-state index < -0.39 is 0 Å². The molecule has 2 heterocycles. The first kappa shape index (κ1) is 10.8. The number of anilines is 2. The first-order valence-corrected chi connectivity index (χ1v) is 6.89. The molecule has 0 amide bonds.